The normalized spacial score (nSPS) is 22.7. The number of rotatable bonds is 3. The van der Waals surface area contributed by atoms with E-state index >= 15 is 0 Å². The molecule has 0 saturated carbocycles. The monoisotopic (exact) mass is 246 g/mol. The lowest BCUT2D eigenvalue weighted by Crippen LogP contribution is -2.51. The van der Waals surface area contributed by atoms with Gasteiger partial charge in [-0.15, -0.1) is 0 Å². The third kappa shape index (κ3) is 2.68. The number of piperidine rings is 1. The number of benzene rings is 1. The van der Waals surface area contributed by atoms with Crippen molar-refractivity contribution in [3.63, 3.8) is 0 Å². The summed E-state index contributed by atoms with van der Waals surface area (Å²) in [6.45, 7) is 4.40. The van der Waals surface area contributed by atoms with Crippen molar-refractivity contribution in [2.45, 2.75) is 24.9 Å². The van der Waals surface area contributed by atoms with Gasteiger partial charge in [0.1, 0.15) is 11.9 Å². The van der Waals surface area contributed by atoms with Gasteiger partial charge in [0.2, 0.25) is 0 Å². The summed E-state index contributed by atoms with van der Waals surface area (Å²) < 4.78 is 5.91. The van der Waals surface area contributed by atoms with E-state index < -0.39 is 0 Å². The van der Waals surface area contributed by atoms with Gasteiger partial charge in [0.05, 0.1) is 0 Å². The number of nitrogens with zero attached hydrogens (tertiary/aromatic N) is 1. The van der Waals surface area contributed by atoms with Crippen LogP contribution in [0, 0.1) is 0 Å². The average molecular weight is 246 g/mol. The zero-order valence-electron chi connectivity index (χ0n) is 11.1. The fourth-order valence-corrected chi connectivity index (χ4v) is 2.88. The van der Waals surface area contributed by atoms with Crippen LogP contribution in [0.4, 0.5) is 0 Å². The molecule has 0 unspecified atom stereocenters. The minimum Gasteiger partial charge on any atom is -0.488 e. The minimum atomic E-state index is 0.389. The second-order valence-electron chi connectivity index (χ2n) is 5.55. The number of ether oxygens (including phenoxy) is 1. The molecule has 0 aromatic heterocycles. The molecule has 0 atom stereocenters. The lowest BCUT2D eigenvalue weighted by molar-refractivity contribution is 0.0388. The molecule has 98 valence electrons. The Morgan fingerprint density at radius 2 is 1.78 bits per heavy atom. The maximum atomic E-state index is 5.91. The van der Waals surface area contributed by atoms with Crippen LogP contribution < -0.4 is 10.1 Å². The second-order valence-corrected chi connectivity index (χ2v) is 5.55. The van der Waals surface area contributed by atoms with Crippen molar-refractivity contribution < 1.29 is 4.74 Å². The number of hydrogen-bond donors (Lipinski definition) is 1. The summed E-state index contributed by atoms with van der Waals surface area (Å²) in [4.78, 5) is 2.27. The molecule has 0 radical (unpaired) electrons. The molecule has 0 spiro atoms. The Labute approximate surface area is 109 Å². The highest BCUT2D eigenvalue weighted by Gasteiger charge is 2.24. The Morgan fingerprint density at radius 1 is 1.11 bits per heavy atom. The van der Waals surface area contributed by atoms with Crippen LogP contribution in [-0.2, 0) is 0 Å². The van der Waals surface area contributed by atoms with E-state index in [4.69, 9.17) is 4.74 Å². The van der Waals surface area contributed by atoms with Gasteiger partial charge in [-0.25, -0.2) is 0 Å². The minimum absolute atomic E-state index is 0.389. The van der Waals surface area contributed by atoms with E-state index in [1.54, 1.807) is 0 Å². The van der Waals surface area contributed by atoms with E-state index in [9.17, 15) is 0 Å². The van der Waals surface area contributed by atoms with E-state index in [-0.39, 0.29) is 0 Å². The van der Waals surface area contributed by atoms with Crippen LogP contribution in [0.5, 0.6) is 5.75 Å². The molecule has 0 amide bonds. The van der Waals surface area contributed by atoms with Gasteiger partial charge in [-0.3, -0.25) is 4.90 Å². The van der Waals surface area contributed by atoms with E-state index in [1.807, 2.05) is 0 Å². The quantitative estimate of drug-likeness (QED) is 0.881. The number of nitrogens with one attached hydrogen (secondary N) is 1. The predicted octanol–water partition coefficient (Wildman–Crippen LogP) is 1.85. The summed E-state index contributed by atoms with van der Waals surface area (Å²) >= 11 is 0. The molecule has 2 fully saturated rings. The Balaban J connectivity index is 1.58. The first-order valence-corrected chi connectivity index (χ1v) is 6.97. The number of likely N-dealkylation sites (tertiary alicyclic amines) is 1. The Hall–Kier alpha value is -1.06. The molecule has 1 N–H and O–H groups in total. The van der Waals surface area contributed by atoms with Crippen LogP contribution in [0.25, 0.3) is 0 Å². The molecular weight excluding hydrogens is 224 g/mol. The van der Waals surface area contributed by atoms with E-state index in [2.05, 4.69) is 41.5 Å². The molecule has 2 saturated heterocycles. The molecule has 1 aromatic carbocycles. The first kappa shape index (κ1) is 12.0. The van der Waals surface area contributed by atoms with Gasteiger partial charge in [-0.1, -0.05) is 12.1 Å². The first-order chi connectivity index (χ1) is 8.81. The van der Waals surface area contributed by atoms with Crippen LogP contribution in [-0.4, -0.2) is 44.2 Å². The zero-order valence-corrected chi connectivity index (χ0v) is 11.1. The van der Waals surface area contributed by atoms with Gasteiger partial charge in [0.25, 0.3) is 0 Å². The predicted molar refractivity (Wildman–Crippen MR) is 73.2 cm³/mol. The van der Waals surface area contributed by atoms with E-state index in [0.717, 1.165) is 37.8 Å². The second kappa shape index (κ2) is 5.29. The van der Waals surface area contributed by atoms with Gasteiger partial charge in [-0.2, -0.15) is 0 Å². The Morgan fingerprint density at radius 3 is 2.39 bits per heavy atom. The Bertz CT molecular complexity index is 378. The number of likely N-dealkylation sites (N-methyl/N-ethyl adjacent to an activating group) is 1. The van der Waals surface area contributed by atoms with Crippen molar-refractivity contribution in [1.82, 2.24) is 10.2 Å². The molecule has 2 aliphatic heterocycles. The lowest BCUT2D eigenvalue weighted by Gasteiger charge is -2.36. The van der Waals surface area contributed by atoms with Gasteiger partial charge < -0.3 is 10.1 Å². The molecule has 0 aliphatic carbocycles. The summed E-state index contributed by atoms with van der Waals surface area (Å²) in [5, 5.41) is 3.41. The van der Waals surface area contributed by atoms with E-state index in [1.165, 1.54) is 18.4 Å². The smallest absolute Gasteiger partial charge is 0.124 e. The molecule has 0 bridgehead atoms. The van der Waals surface area contributed by atoms with Gasteiger partial charge in [0.15, 0.2) is 0 Å². The van der Waals surface area contributed by atoms with Crippen molar-refractivity contribution in [3.05, 3.63) is 29.8 Å². The lowest BCUT2D eigenvalue weighted by atomic mass is 9.90. The summed E-state index contributed by atoms with van der Waals surface area (Å²) in [5.41, 5.74) is 1.47. The molecular formula is C15H22N2O. The Kier molecular flexibility index (Phi) is 3.52. The van der Waals surface area contributed by atoms with Crippen molar-refractivity contribution >= 4 is 0 Å². The summed E-state index contributed by atoms with van der Waals surface area (Å²) in [6.07, 6.45) is 2.90. The van der Waals surface area contributed by atoms with Crippen LogP contribution in [0.2, 0.25) is 0 Å². The van der Waals surface area contributed by atoms with Crippen LogP contribution in [0.15, 0.2) is 24.3 Å². The molecule has 2 heterocycles. The highest BCUT2D eigenvalue weighted by Crippen LogP contribution is 2.27. The van der Waals surface area contributed by atoms with Crippen molar-refractivity contribution in [2.24, 2.45) is 0 Å². The zero-order chi connectivity index (χ0) is 12.4. The van der Waals surface area contributed by atoms with Crippen LogP contribution in [0.3, 0.4) is 0 Å². The van der Waals surface area contributed by atoms with Crippen LogP contribution >= 0.6 is 0 Å². The highest BCUT2D eigenvalue weighted by molar-refractivity contribution is 5.30. The average Bonchev–Trinajstić information content (AvgIpc) is 2.39. The third-order valence-electron chi connectivity index (χ3n) is 4.02. The fourth-order valence-electron chi connectivity index (χ4n) is 2.88. The first-order valence-electron chi connectivity index (χ1n) is 6.97. The number of hydrogen-bond acceptors (Lipinski definition) is 3. The SMILES string of the molecule is CN1CC(Oc2ccc(C3CCNCC3)cc2)C1. The van der Waals surface area contributed by atoms with Gasteiger partial charge in [0, 0.05) is 13.1 Å². The van der Waals surface area contributed by atoms with Gasteiger partial charge in [-0.05, 0) is 56.6 Å². The summed E-state index contributed by atoms with van der Waals surface area (Å²) in [6, 6.07) is 8.76. The fraction of sp³-hybridized carbons (Fsp3) is 0.600. The summed E-state index contributed by atoms with van der Waals surface area (Å²) in [7, 11) is 2.13. The molecule has 3 rings (SSSR count). The molecule has 3 nitrogen and oxygen atoms in total. The van der Waals surface area contributed by atoms with Crippen molar-refractivity contribution in [3.8, 4) is 5.75 Å². The maximum absolute atomic E-state index is 5.91. The molecule has 1 aromatic rings. The van der Waals surface area contributed by atoms with Crippen molar-refractivity contribution in [1.29, 1.82) is 0 Å². The largest absolute Gasteiger partial charge is 0.488 e. The van der Waals surface area contributed by atoms with E-state index in [0.29, 0.717) is 6.10 Å². The molecule has 3 heteroatoms. The molecule has 18 heavy (non-hydrogen) atoms. The third-order valence-corrected chi connectivity index (χ3v) is 4.02. The van der Waals surface area contributed by atoms with Crippen LogP contribution in [0.1, 0.15) is 24.3 Å². The topological polar surface area (TPSA) is 24.5 Å². The molecule has 2 aliphatic rings. The van der Waals surface area contributed by atoms with Gasteiger partial charge >= 0.3 is 0 Å². The summed E-state index contributed by atoms with van der Waals surface area (Å²) in [5.74, 6) is 1.75. The standard InChI is InChI=1S/C15H22N2O/c1-17-10-15(11-17)18-14-4-2-12(3-5-14)13-6-8-16-9-7-13/h2-5,13,15-16H,6-11H2,1H3. The van der Waals surface area contributed by atoms with Crippen molar-refractivity contribution in [2.75, 3.05) is 33.2 Å². The highest BCUT2D eigenvalue weighted by atomic mass is 16.5. The maximum Gasteiger partial charge on any atom is 0.124 e.